The van der Waals surface area contributed by atoms with Crippen LogP contribution in [0.3, 0.4) is 0 Å². The van der Waals surface area contributed by atoms with Crippen molar-refractivity contribution in [1.29, 1.82) is 0 Å². The first-order valence-electron chi connectivity index (χ1n) is 5.25. The Hall–Kier alpha value is -1.56. The summed E-state index contributed by atoms with van der Waals surface area (Å²) in [5.74, 6) is 0.104. The van der Waals surface area contributed by atoms with E-state index in [0.717, 1.165) is 5.56 Å². The van der Waals surface area contributed by atoms with Gasteiger partial charge in [0.15, 0.2) is 0 Å². The summed E-state index contributed by atoms with van der Waals surface area (Å²) < 4.78 is 6.20. The van der Waals surface area contributed by atoms with Crippen molar-refractivity contribution < 1.29 is 14.6 Å². The molecule has 0 aliphatic rings. The van der Waals surface area contributed by atoms with Gasteiger partial charge in [-0.25, -0.2) is 4.68 Å². The quantitative estimate of drug-likeness (QED) is 0.665. The number of aliphatic hydroxyl groups is 1. The Morgan fingerprint density at radius 3 is 3.06 bits per heavy atom. The highest BCUT2D eigenvalue weighted by Crippen LogP contribution is 2.12. The number of rotatable bonds is 6. The van der Waals surface area contributed by atoms with Crippen LogP contribution in [-0.2, 0) is 22.5 Å². The topological polar surface area (TPSA) is 90.4 Å². The molecule has 0 spiro atoms. The monoisotopic (exact) mass is 227 g/mol. The third-order valence-corrected chi connectivity index (χ3v) is 2.15. The first-order chi connectivity index (χ1) is 7.69. The summed E-state index contributed by atoms with van der Waals surface area (Å²) in [6.45, 7) is 2.23. The third kappa shape index (κ3) is 3.23. The van der Waals surface area contributed by atoms with Gasteiger partial charge in [-0.05, 0) is 19.8 Å². The summed E-state index contributed by atoms with van der Waals surface area (Å²) in [5, 5.41) is 12.7. The lowest BCUT2D eigenvalue weighted by Crippen LogP contribution is -2.16. The number of aromatic nitrogens is 2. The van der Waals surface area contributed by atoms with Crippen molar-refractivity contribution in [2.24, 2.45) is 0 Å². The summed E-state index contributed by atoms with van der Waals surface area (Å²) in [6.07, 6.45) is 2.91. The highest BCUT2D eigenvalue weighted by molar-refractivity contribution is 5.69. The molecule has 0 radical (unpaired) electrons. The van der Waals surface area contributed by atoms with E-state index in [1.54, 1.807) is 13.1 Å². The van der Waals surface area contributed by atoms with Crippen LogP contribution in [0.4, 0.5) is 5.82 Å². The molecule has 1 rings (SSSR count). The van der Waals surface area contributed by atoms with E-state index in [0.29, 0.717) is 25.3 Å². The predicted octanol–water partition coefficient (Wildman–Crippen LogP) is -0.0467. The normalized spacial score (nSPS) is 10.4. The number of carbonyl (C=O) groups is 1. The zero-order chi connectivity index (χ0) is 12.0. The van der Waals surface area contributed by atoms with Gasteiger partial charge in [-0.2, -0.15) is 5.10 Å². The molecule has 0 aromatic carbocycles. The van der Waals surface area contributed by atoms with Crippen molar-refractivity contribution in [3.05, 3.63) is 11.8 Å². The Labute approximate surface area is 94.0 Å². The Kier molecular flexibility index (Phi) is 4.78. The SMILES string of the molecule is CCOC(=O)Cn1ncc(CCCO)c1N. The van der Waals surface area contributed by atoms with Crippen LogP contribution in [0.15, 0.2) is 6.20 Å². The van der Waals surface area contributed by atoms with Gasteiger partial charge in [0.2, 0.25) is 0 Å². The molecule has 0 aliphatic carbocycles. The fourth-order valence-corrected chi connectivity index (χ4v) is 1.35. The average Bonchev–Trinajstić information content (AvgIpc) is 2.58. The third-order valence-electron chi connectivity index (χ3n) is 2.15. The first-order valence-corrected chi connectivity index (χ1v) is 5.25. The van der Waals surface area contributed by atoms with Crippen molar-refractivity contribution in [2.45, 2.75) is 26.3 Å². The van der Waals surface area contributed by atoms with Gasteiger partial charge in [-0.3, -0.25) is 4.79 Å². The zero-order valence-corrected chi connectivity index (χ0v) is 9.35. The molecule has 0 saturated carbocycles. The van der Waals surface area contributed by atoms with E-state index in [1.165, 1.54) is 4.68 Å². The number of anilines is 1. The van der Waals surface area contributed by atoms with Crippen molar-refractivity contribution in [1.82, 2.24) is 9.78 Å². The molecule has 3 N–H and O–H groups in total. The van der Waals surface area contributed by atoms with Crippen molar-refractivity contribution >= 4 is 11.8 Å². The van der Waals surface area contributed by atoms with Crippen LogP contribution in [0, 0.1) is 0 Å². The lowest BCUT2D eigenvalue weighted by molar-refractivity contribution is -0.144. The summed E-state index contributed by atoms with van der Waals surface area (Å²) in [5.41, 5.74) is 6.65. The molecule has 0 aliphatic heterocycles. The predicted molar refractivity (Wildman–Crippen MR) is 58.7 cm³/mol. The lowest BCUT2D eigenvalue weighted by atomic mass is 10.2. The van der Waals surface area contributed by atoms with E-state index >= 15 is 0 Å². The molecule has 6 heteroatoms. The minimum Gasteiger partial charge on any atom is -0.465 e. The number of hydrogen-bond acceptors (Lipinski definition) is 5. The van der Waals surface area contributed by atoms with Crippen molar-refractivity contribution in [3.63, 3.8) is 0 Å². The maximum Gasteiger partial charge on any atom is 0.327 e. The second kappa shape index (κ2) is 6.12. The number of aliphatic hydroxyl groups excluding tert-OH is 1. The highest BCUT2D eigenvalue weighted by Gasteiger charge is 2.10. The Bertz CT molecular complexity index is 349. The average molecular weight is 227 g/mol. The number of aryl methyl sites for hydroxylation is 1. The number of hydrogen-bond donors (Lipinski definition) is 2. The number of carbonyl (C=O) groups excluding carboxylic acids is 1. The van der Waals surface area contributed by atoms with Crippen molar-refractivity contribution in [3.8, 4) is 0 Å². The maximum absolute atomic E-state index is 11.2. The van der Waals surface area contributed by atoms with Crippen LogP contribution in [0.25, 0.3) is 0 Å². The fourth-order valence-electron chi connectivity index (χ4n) is 1.35. The molecule has 1 heterocycles. The summed E-state index contributed by atoms with van der Waals surface area (Å²) in [7, 11) is 0. The van der Waals surface area contributed by atoms with E-state index in [1.807, 2.05) is 0 Å². The van der Waals surface area contributed by atoms with Crippen LogP contribution in [0.2, 0.25) is 0 Å². The molecule has 6 nitrogen and oxygen atoms in total. The van der Waals surface area contributed by atoms with Gasteiger partial charge >= 0.3 is 5.97 Å². The minimum absolute atomic E-state index is 0.0266. The standard InChI is InChI=1S/C10H17N3O3/c1-2-16-9(15)7-13-10(11)8(6-12-13)4-3-5-14/h6,14H,2-5,7,11H2,1H3. The molecule has 0 unspecified atom stereocenters. The highest BCUT2D eigenvalue weighted by atomic mass is 16.5. The van der Waals surface area contributed by atoms with Gasteiger partial charge in [0, 0.05) is 12.2 Å². The summed E-state index contributed by atoms with van der Waals surface area (Å²) in [6, 6.07) is 0. The molecule has 1 aromatic rings. The lowest BCUT2D eigenvalue weighted by Gasteiger charge is -2.04. The van der Waals surface area contributed by atoms with Gasteiger partial charge < -0.3 is 15.6 Å². The molecule has 0 fully saturated rings. The Balaban J connectivity index is 2.61. The van der Waals surface area contributed by atoms with Crippen LogP contribution in [0.1, 0.15) is 18.9 Å². The van der Waals surface area contributed by atoms with Gasteiger partial charge in [-0.15, -0.1) is 0 Å². The number of nitrogens with two attached hydrogens (primary N) is 1. The smallest absolute Gasteiger partial charge is 0.327 e. The molecular formula is C10H17N3O3. The second-order valence-corrected chi connectivity index (χ2v) is 3.34. The largest absolute Gasteiger partial charge is 0.465 e. The fraction of sp³-hybridized carbons (Fsp3) is 0.600. The van der Waals surface area contributed by atoms with E-state index in [2.05, 4.69) is 5.10 Å². The molecule has 0 saturated heterocycles. The van der Waals surface area contributed by atoms with E-state index < -0.39 is 0 Å². The Morgan fingerprint density at radius 2 is 2.44 bits per heavy atom. The minimum atomic E-state index is -0.356. The summed E-state index contributed by atoms with van der Waals surface area (Å²) >= 11 is 0. The first kappa shape index (κ1) is 12.5. The Morgan fingerprint density at radius 1 is 1.69 bits per heavy atom. The number of nitrogen functional groups attached to an aromatic ring is 1. The molecule has 1 aromatic heterocycles. The zero-order valence-electron chi connectivity index (χ0n) is 9.35. The number of esters is 1. The van der Waals surface area contributed by atoms with Crippen LogP contribution >= 0.6 is 0 Å². The molecule has 0 bridgehead atoms. The van der Waals surface area contributed by atoms with Gasteiger partial charge in [0.1, 0.15) is 12.4 Å². The maximum atomic E-state index is 11.2. The van der Waals surface area contributed by atoms with Gasteiger partial charge in [0.05, 0.1) is 12.8 Å². The molecule has 0 atom stereocenters. The molecule has 90 valence electrons. The van der Waals surface area contributed by atoms with E-state index in [9.17, 15) is 4.79 Å². The van der Waals surface area contributed by atoms with Crippen molar-refractivity contribution in [2.75, 3.05) is 18.9 Å². The van der Waals surface area contributed by atoms with Crippen LogP contribution in [-0.4, -0.2) is 34.1 Å². The van der Waals surface area contributed by atoms with Gasteiger partial charge in [-0.1, -0.05) is 0 Å². The van der Waals surface area contributed by atoms with E-state index in [-0.39, 0.29) is 19.1 Å². The van der Waals surface area contributed by atoms with Crippen LogP contribution in [0.5, 0.6) is 0 Å². The second-order valence-electron chi connectivity index (χ2n) is 3.34. The van der Waals surface area contributed by atoms with Gasteiger partial charge in [0.25, 0.3) is 0 Å². The number of ether oxygens (including phenoxy) is 1. The van der Waals surface area contributed by atoms with Crippen LogP contribution < -0.4 is 5.73 Å². The molecular weight excluding hydrogens is 210 g/mol. The molecule has 0 amide bonds. The van der Waals surface area contributed by atoms with E-state index in [4.69, 9.17) is 15.6 Å². The number of nitrogens with zero attached hydrogens (tertiary/aromatic N) is 2. The summed E-state index contributed by atoms with van der Waals surface area (Å²) in [4.78, 5) is 11.2. The molecule has 16 heavy (non-hydrogen) atoms.